The highest BCUT2D eigenvalue weighted by molar-refractivity contribution is 5.41. The largest absolute Gasteiger partial charge is 0.433 e. The van der Waals surface area contributed by atoms with Crippen LogP contribution >= 0.6 is 0 Å². The number of pyridine rings is 1. The summed E-state index contributed by atoms with van der Waals surface area (Å²) >= 11 is 0. The molecule has 1 aliphatic heterocycles. The Morgan fingerprint density at radius 2 is 1.85 bits per heavy atom. The lowest BCUT2D eigenvalue weighted by molar-refractivity contribution is -0.141. The van der Waals surface area contributed by atoms with Crippen molar-refractivity contribution < 1.29 is 18.3 Å². The van der Waals surface area contributed by atoms with Crippen molar-refractivity contribution in [1.29, 1.82) is 0 Å². The molecule has 1 aliphatic carbocycles. The fourth-order valence-electron chi connectivity index (χ4n) is 3.56. The maximum Gasteiger partial charge on any atom is 0.433 e. The molecule has 1 aromatic heterocycles. The highest BCUT2D eigenvalue weighted by atomic mass is 19.4. The summed E-state index contributed by atoms with van der Waals surface area (Å²) in [6.07, 6.45) is -2.98. The van der Waals surface area contributed by atoms with E-state index in [1.807, 2.05) is 11.8 Å². The van der Waals surface area contributed by atoms with Crippen molar-refractivity contribution in [2.45, 2.75) is 31.5 Å². The third-order valence-electron chi connectivity index (χ3n) is 4.33. The van der Waals surface area contributed by atoms with Gasteiger partial charge in [-0.25, -0.2) is 4.98 Å². The van der Waals surface area contributed by atoms with Gasteiger partial charge in [0.2, 0.25) is 0 Å². The van der Waals surface area contributed by atoms with Gasteiger partial charge >= 0.3 is 6.18 Å². The number of hydrogen-bond acceptors (Lipinski definition) is 3. The molecule has 1 aromatic rings. The molecule has 0 bridgehead atoms. The van der Waals surface area contributed by atoms with Gasteiger partial charge in [0.05, 0.1) is 5.60 Å². The van der Waals surface area contributed by atoms with Gasteiger partial charge in [-0.15, -0.1) is 0 Å². The van der Waals surface area contributed by atoms with Crippen molar-refractivity contribution in [3.63, 3.8) is 0 Å². The number of aromatic nitrogens is 1. The SMILES string of the molecule is CC1(O)C[C@H]2CN(c3cccc(C(F)(F)F)n3)C[C@H]2C1. The molecular weight excluding hydrogens is 269 g/mol. The quantitative estimate of drug-likeness (QED) is 0.862. The van der Waals surface area contributed by atoms with Gasteiger partial charge < -0.3 is 10.0 Å². The second-order valence-corrected chi connectivity index (χ2v) is 6.21. The average Bonchev–Trinajstić information content (AvgIpc) is 2.81. The Balaban J connectivity index is 1.77. The van der Waals surface area contributed by atoms with E-state index in [2.05, 4.69) is 4.98 Å². The van der Waals surface area contributed by atoms with Crippen LogP contribution in [-0.4, -0.2) is 28.8 Å². The number of aliphatic hydroxyl groups is 1. The lowest BCUT2D eigenvalue weighted by atomic mass is 10.0. The summed E-state index contributed by atoms with van der Waals surface area (Å²) in [5, 5.41) is 10.0. The van der Waals surface area contributed by atoms with E-state index in [0.29, 0.717) is 43.6 Å². The van der Waals surface area contributed by atoms with E-state index < -0.39 is 17.5 Å². The molecule has 2 heterocycles. The Morgan fingerprint density at radius 3 is 2.40 bits per heavy atom. The minimum atomic E-state index is -4.41. The van der Waals surface area contributed by atoms with Crippen molar-refractivity contribution in [3.05, 3.63) is 23.9 Å². The molecular formula is C14H17F3N2O. The van der Waals surface area contributed by atoms with E-state index in [9.17, 15) is 18.3 Å². The zero-order chi connectivity index (χ0) is 14.5. The van der Waals surface area contributed by atoms with Crippen LogP contribution < -0.4 is 4.90 Å². The topological polar surface area (TPSA) is 36.4 Å². The van der Waals surface area contributed by atoms with Crippen LogP contribution in [0.3, 0.4) is 0 Å². The molecule has 1 saturated heterocycles. The molecule has 6 heteroatoms. The second-order valence-electron chi connectivity index (χ2n) is 6.21. The first-order chi connectivity index (χ1) is 9.24. The summed E-state index contributed by atoms with van der Waals surface area (Å²) in [6.45, 7) is 3.18. The number of anilines is 1. The second kappa shape index (κ2) is 4.35. The molecule has 1 saturated carbocycles. The minimum Gasteiger partial charge on any atom is -0.390 e. The first-order valence-corrected chi connectivity index (χ1v) is 6.76. The maximum absolute atomic E-state index is 12.7. The zero-order valence-corrected chi connectivity index (χ0v) is 11.2. The molecule has 2 aliphatic rings. The van der Waals surface area contributed by atoms with Crippen LogP contribution in [0.2, 0.25) is 0 Å². The van der Waals surface area contributed by atoms with E-state index >= 15 is 0 Å². The molecule has 0 amide bonds. The number of halogens is 3. The molecule has 1 N–H and O–H groups in total. The van der Waals surface area contributed by atoms with Gasteiger partial charge in [0.25, 0.3) is 0 Å². The summed E-state index contributed by atoms with van der Waals surface area (Å²) in [4.78, 5) is 5.63. The highest BCUT2D eigenvalue weighted by Gasteiger charge is 2.46. The van der Waals surface area contributed by atoms with E-state index in [-0.39, 0.29) is 0 Å². The molecule has 3 atom stereocenters. The van der Waals surface area contributed by atoms with E-state index in [1.165, 1.54) is 6.07 Å². The van der Waals surface area contributed by atoms with Crippen molar-refractivity contribution in [2.75, 3.05) is 18.0 Å². The fraction of sp³-hybridized carbons (Fsp3) is 0.643. The Kier molecular flexibility index (Phi) is 2.97. The van der Waals surface area contributed by atoms with Crippen molar-refractivity contribution in [1.82, 2.24) is 4.98 Å². The van der Waals surface area contributed by atoms with Crippen molar-refractivity contribution in [2.24, 2.45) is 11.8 Å². The fourth-order valence-corrected chi connectivity index (χ4v) is 3.56. The average molecular weight is 286 g/mol. The van der Waals surface area contributed by atoms with Gasteiger partial charge in [0, 0.05) is 13.1 Å². The van der Waals surface area contributed by atoms with Crippen LogP contribution in [0, 0.1) is 11.8 Å². The standard InChI is InChI=1S/C14H17F3N2O/c1-13(20)5-9-7-19(8-10(9)6-13)12-4-2-3-11(18-12)14(15,16)17/h2-4,9-10,20H,5-8H2,1H3/t9-,10+,13?. The predicted octanol–water partition coefficient (Wildman–Crippen LogP) is 2.70. The summed E-state index contributed by atoms with van der Waals surface area (Å²) in [5.74, 6) is 1.08. The molecule has 3 nitrogen and oxygen atoms in total. The lowest BCUT2D eigenvalue weighted by Gasteiger charge is -2.23. The predicted molar refractivity (Wildman–Crippen MR) is 68.3 cm³/mol. The molecule has 1 unspecified atom stereocenters. The summed E-state index contributed by atoms with van der Waals surface area (Å²) in [5.41, 5.74) is -1.47. The summed E-state index contributed by atoms with van der Waals surface area (Å²) < 4.78 is 38.0. The third-order valence-corrected chi connectivity index (χ3v) is 4.33. The molecule has 20 heavy (non-hydrogen) atoms. The summed E-state index contributed by atoms with van der Waals surface area (Å²) in [7, 11) is 0. The Bertz CT molecular complexity index is 499. The van der Waals surface area contributed by atoms with Crippen molar-refractivity contribution >= 4 is 5.82 Å². The molecule has 0 aromatic carbocycles. The van der Waals surface area contributed by atoms with Gasteiger partial charge in [-0.1, -0.05) is 6.07 Å². The van der Waals surface area contributed by atoms with Crippen LogP contribution in [-0.2, 0) is 6.18 Å². The first kappa shape index (κ1) is 13.7. The van der Waals surface area contributed by atoms with Gasteiger partial charge in [0.15, 0.2) is 0 Å². The van der Waals surface area contributed by atoms with E-state index in [0.717, 1.165) is 6.07 Å². The smallest absolute Gasteiger partial charge is 0.390 e. The number of fused-ring (bicyclic) bond motifs is 1. The van der Waals surface area contributed by atoms with Gasteiger partial charge in [-0.05, 0) is 43.7 Å². The third kappa shape index (κ3) is 2.49. The Morgan fingerprint density at radius 1 is 1.25 bits per heavy atom. The maximum atomic E-state index is 12.7. The molecule has 3 rings (SSSR count). The van der Waals surface area contributed by atoms with Gasteiger partial charge in [0.1, 0.15) is 11.5 Å². The van der Waals surface area contributed by atoms with Crippen LogP contribution in [0.4, 0.5) is 19.0 Å². The van der Waals surface area contributed by atoms with Gasteiger partial charge in [-0.3, -0.25) is 0 Å². The van der Waals surface area contributed by atoms with E-state index in [4.69, 9.17) is 0 Å². The molecule has 0 radical (unpaired) electrons. The summed E-state index contributed by atoms with van der Waals surface area (Å²) in [6, 6.07) is 4.01. The molecule has 0 spiro atoms. The molecule has 2 fully saturated rings. The Labute approximate surface area is 115 Å². The minimum absolute atomic E-state index is 0.348. The number of rotatable bonds is 1. The Hall–Kier alpha value is -1.30. The lowest BCUT2D eigenvalue weighted by Crippen LogP contribution is -2.28. The number of hydrogen-bond donors (Lipinski definition) is 1. The monoisotopic (exact) mass is 286 g/mol. The van der Waals surface area contributed by atoms with Crippen molar-refractivity contribution in [3.8, 4) is 0 Å². The number of alkyl halides is 3. The van der Waals surface area contributed by atoms with Gasteiger partial charge in [-0.2, -0.15) is 13.2 Å². The number of nitrogens with zero attached hydrogens (tertiary/aromatic N) is 2. The van der Waals surface area contributed by atoms with E-state index in [1.54, 1.807) is 6.07 Å². The normalized spacial score (nSPS) is 33.5. The zero-order valence-electron chi connectivity index (χ0n) is 11.2. The first-order valence-electron chi connectivity index (χ1n) is 6.76. The molecule has 110 valence electrons. The van der Waals surface area contributed by atoms with Crippen LogP contribution in [0.15, 0.2) is 18.2 Å². The van der Waals surface area contributed by atoms with Crippen LogP contribution in [0.25, 0.3) is 0 Å². The van der Waals surface area contributed by atoms with Crippen LogP contribution in [0.5, 0.6) is 0 Å². The van der Waals surface area contributed by atoms with Crippen LogP contribution in [0.1, 0.15) is 25.5 Å². The highest BCUT2D eigenvalue weighted by Crippen LogP contribution is 2.44.